The van der Waals surface area contributed by atoms with Gasteiger partial charge in [0.1, 0.15) is 0 Å². The van der Waals surface area contributed by atoms with Crippen LogP contribution in [0.2, 0.25) is 0 Å². The molecule has 1 amide bonds. The van der Waals surface area contributed by atoms with Gasteiger partial charge in [-0.3, -0.25) is 4.79 Å². The fraction of sp³-hybridized carbons (Fsp3) is 0.406. The van der Waals surface area contributed by atoms with Crippen molar-refractivity contribution in [1.29, 1.82) is 0 Å². The van der Waals surface area contributed by atoms with Crippen molar-refractivity contribution in [2.24, 2.45) is 0 Å². The number of hydrogen-bond donors (Lipinski definition) is 1. The zero-order valence-electron chi connectivity index (χ0n) is 23.4. The van der Waals surface area contributed by atoms with Crippen molar-refractivity contribution in [1.82, 2.24) is 9.62 Å². The molecule has 202 valence electrons. The Kier molecular flexibility index (Phi) is 8.43. The summed E-state index contributed by atoms with van der Waals surface area (Å²) >= 11 is 0. The molecule has 1 aliphatic rings. The van der Waals surface area contributed by atoms with E-state index in [1.807, 2.05) is 19.0 Å². The average Bonchev–Trinajstić information content (AvgIpc) is 3.27. The second-order valence-corrected chi connectivity index (χ2v) is 13.0. The smallest absolute Gasteiger partial charge is 0.264 e. The van der Waals surface area contributed by atoms with Gasteiger partial charge in [0.25, 0.3) is 10.0 Å². The molecule has 1 unspecified atom stereocenters. The first kappa shape index (κ1) is 28.1. The second kappa shape index (κ2) is 11.4. The standard InChI is InChI=1S/C32H40N2O3S/c1-21(2)29-17-25(28-16-13-24-9-7-8-10-27(24)28)18-30(22(3)4)31(29)19-32(35)33-38(36,37)26-14-11-23(12-15-26)20-34(5)6/h7-12,14-15,17-18,21-22,28H,13,16,19-20H2,1-6H3,(H,33,35). The first-order chi connectivity index (χ1) is 18.0. The monoisotopic (exact) mass is 532 g/mol. The molecule has 0 radical (unpaired) electrons. The van der Waals surface area contributed by atoms with Crippen LogP contribution in [-0.4, -0.2) is 33.3 Å². The van der Waals surface area contributed by atoms with Crippen molar-refractivity contribution in [3.05, 3.63) is 99.6 Å². The van der Waals surface area contributed by atoms with Gasteiger partial charge in [-0.25, -0.2) is 13.1 Å². The molecule has 0 heterocycles. The van der Waals surface area contributed by atoms with Crippen LogP contribution in [0.1, 0.15) is 90.8 Å². The first-order valence-corrected chi connectivity index (χ1v) is 15.0. The number of carbonyl (C=O) groups is 1. The number of rotatable bonds is 9. The lowest BCUT2D eigenvalue weighted by Gasteiger charge is -2.24. The summed E-state index contributed by atoms with van der Waals surface area (Å²) in [5, 5.41) is 0. The molecule has 4 rings (SSSR count). The van der Waals surface area contributed by atoms with E-state index < -0.39 is 15.9 Å². The molecule has 6 heteroatoms. The van der Waals surface area contributed by atoms with Crippen LogP contribution in [0.3, 0.4) is 0 Å². The van der Waals surface area contributed by atoms with Gasteiger partial charge in [0.05, 0.1) is 11.3 Å². The molecule has 1 aliphatic carbocycles. The Bertz CT molecular complexity index is 1380. The molecule has 38 heavy (non-hydrogen) atoms. The van der Waals surface area contributed by atoms with Crippen LogP contribution in [0, 0.1) is 0 Å². The number of amides is 1. The lowest BCUT2D eigenvalue weighted by molar-refractivity contribution is -0.118. The summed E-state index contributed by atoms with van der Waals surface area (Å²) in [7, 11) is -0.0404. The molecule has 1 N–H and O–H groups in total. The summed E-state index contributed by atoms with van der Waals surface area (Å²) in [5.41, 5.74) is 8.29. The topological polar surface area (TPSA) is 66.5 Å². The van der Waals surface area contributed by atoms with Crippen molar-refractivity contribution < 1.29 is 13.2 Å². The lowest BCUT2D eigenvalue weighted by Crippen LogP contribution is -2.32. The maximum absolute atomic E-state index is 13.2. The quantitative estimate of drug-likeness (QED) is 0.361. The van der Waals surface area contributed by atoms with Crippen LogP contribution in [0.4, 0.5) is 0 Å². The SMILES string of the molecule is CC(C)c1cc(C2CCc3ccccc32)cc(C(C)C)c1CC(=O)NS(=O)(=O)c1ccc(CN(C)C)cc1. The molecule has 0 aliphatic heterocycles. The molecular weight excluding hydrogens is 492 g/mol. The van der Waals surface area contributed by atoms with Crippen LogP contribution in [-0.2, 0) is 34.2 Å². The second-order valence-electron chi connectivity index (χ2n) is 11.4. The van der Waals surface area contributed by atoms with Gasteiger partial charge in [-0.2, -0.15) is 0 Å². The van der Waals surface area contributed by atoms with Crippen molar-refractivity contribution >= 4 is 15.9 Å². The summed E-state index contributed by atoms with van der Waals surface area (Å²) in [5.74, 6) is 0.241. The Labute approximate surface area is 228 Å². The number of benzene rings is 3. The molecule has 0 fully saturated rings. The number of carbonyl (C=O) groups excluding carboxylic acids is 1. The molecule has 0 spiro atoms. The Morgan fingerprint density at radius 2 is 1.55 bits per heavy atom. The number of hydrogen-bond acceptors (Lipinski definition) is 4. The van der Waals surface area contributed by atoms with E-state index in [-0.39, 0.29) is 23.2 Å². The van der Waals surface area contributed by atoms with E-state index in [0.29, 0.717) is 12.5 Å². The maximum Gasteiger partial charge on any atom is 0.264 e. The van der Waals surface area contributed by atoms with Crippen molar-refractivity contribution in [3.63, 3.8) is 0 Å². The van der Waals surface area contributed by atoms with Crippen LogP contribution in [0.25, 0.3) is 0 Å². The highest BCUT2D eigenvalue weighted by Gasteiger charge is 2.27. The normalized spacial score (nSPS) is 15.3. The number of nitrogens with one attached hydrogen (secondary N) is 1. The van der Waals surface area contributed by atoms with E-state index in [1.165, 1.54) is 16.7 Å². The van der Waals surface area contributed by atoms with E-state index in [1.54, 1.807) is 24.3 Å². The zero-order chi connectivity index (χ0) is 27.6. The Hall–Kier alpha value is -2.96. The third kappa shape index (κ3) is 6.19. The highest BCUT2D eigenvalue weighted by atomic mass is 32.2. The van der Waals surface area contributed by atoms with Gasteiger partial charge in [-0.15, -0.1) is 0 Å². The molecule has 0 saturated carbocycles. The minimum Gasteiger partial charge on any atom is -0.305 e. The van der Waals surface area contributed by atoms with Gasteiger partial charge in [-0.05, 0) is 89.8 Å². The number of nitrogens with zero attached hydrogens (tertiary/aromatic N) is 1. The van der Waals surface area contributed by atoms with Gasteiger partial charge in [-0.1, -0.05) is 76.2 Å². The van der Waals surface area contributed by atoms with E-state index in [4.69, 9.17) is 0 Å². The number of fused-ring (bicyclic) bond motifs is 1. The summed E-state index contributed by atoms with van der Waals surface area (Å²) in [6.45, 7) is 9.27. The number of aryl methyl sites for hydroxylation is 1. The van der Waals surface area contributed by atoms with Crippen molar-refractivity contribution in [2.75, 3.05) is 14.1 Å². The van der Waals surface area contributed by atoms with E-state index in [9.17, 15) is 13.2 Å². The van der Waals surface area contributed by atoms with Crippen LogP contribution < -0.4 is 4.72 Å². The van der Waals surface area contributed by atoms with Crippen LogP contribution >= 0.6 is 0 Å². The lowest BCUT2D eigenvalue weighted by atomic mass is 9.81. The molecule has 1 atom stereocenters. The van der Waals surface area contributed by atoms with Crippen molar-refractivity contribution in [3.8, 4) is 0 Å². The maximum atomic E-state index is 13.2. The number of sulfonamides is 1. The van der Waals surface area contributed by atoms with Gasteiger partial charge in [0, 0.05) is 12.5 Å². The van der Waals surface area contributed by atoms with E-state index >= 15 is 0 Å². The van der Waals surface area contributed by atoms with Crippen molar-refractivity contribution in [2.45, 2.75) is 76.2 Å². The van der Waals surface area contributed by atoms with Crippen LogP contribution in [0.15, 0.2) is 65.6 Å². The third-order valence-corrected chi connectivity index (χ3v) is 8.83. The molecular formula is C32H40N2O3S. The first-order valence-electron chi connectivity index (χ1n) is 13.5. The Morgan fingerprint density at radius 1 is 0.947 bits per heavy atom. The predicted octanol–water partition coefficient (Wildman–Crippen LogP) is 6.12. The highest BCUT2D eigenvalue weighted by Crippen LogP contribution is 2.41. The fourth-order valence-corrected chi connectivity index (χ4v) is 6.61. The molecule has 3 aromatic carbocycles. The van der Waals surface area contributed by atoms with E-state index in [0.717, 1.165) is 35.1 Å². The Balaban J connectivity index is 1.62. The molecule has 5 nitrogen and oxygen atoms in total. The average molecular weight is 533 g/mol. The minimum atomic E-state index is -3.96. The van der Waals surface area contributed by atoms with Gasteiger partial charge in [0.15, 0.2) is 0 Å². The largest absolute Gasteiger partial charge is 0.305 e. The third-order valence-electron chi connectivity index (χ3n) is 7.44. The molecule has 0 saturated heterocycles. The zero-order valence-corrected chi connectivity index (χ0v) is 24.2. The molecule has 3 aromatic rings. The van der Waals surface area contributed by atoms with Gasteiger partial charge < -0.3 is 4.90 Å². The van der Waals surface area contributed by atoms with Crippen LogP contribution in [0.5, 0.6) is 0 Å². The summed E-state index contributed by atoms with van der Waals surface area (Å²) in [4.78, 5) is 15.3. The predicted molar refractivity (Wildman–Crippen MR) is 154 cm³/mol. The van der Waals surface area contributed by atoms with Gasteiger partial charge in [0.2, 0.25) is 5.91 Å². The highest BCUT2D eigenvalue weighted by molar-refractivity contribution is 7.90. The van der Waals surface area contributed by atoms with Gasteiger partial charge >= 0.3 is 0 Å². The minimum absolute atomic E-state index is 0.0283. The molecule has 0 aromatic heterocycles. The summed E-state index contributed by atoms with van der Waals surface area (Å²) < 4.78 is 28.3. The summed E-state index contributed by atoms with van der Waals surface area (Å²) in [6, 6.07) is 19.9. The fourth-order valence-electron chi connectivity index (χ4n) is 5.63. The summed E-state index contributed by atoms with van der Waals surface area (Å²) in [6.07, 6.45) is 2.19. The van der Waals surface area contributed by atoms with E-state index in [2.05, 4.69) is 68.8 Å². The Morgan fingerprint density at radius 3 is 2.13 bits per heavy atom. The molecule has 0 bridgehead atoms.